The molecule has 1 atom stereocenters. The minimum absolute atomic E-state index is 0.0806. The van der Waals surface area contributed by atoms with Gasteiger partial charge in [0.25, 0.3) is 5.91 Å². The van der Waals surface area contributed by atoms with Crippen LogP contribution in [0.25, 0.3) is 0 Å². The van der Waals surface area contributed by atoms with Crippen LogP contribution in [0.2, 0.25) is 0 Å². The Kier molecular flexibility index (Phi) is 3.33. The Labute approximate surface area is 129 Å². The molecule has 1 unspecified atom stereocenters. The van der Waals surface area contributed by atoms with Crippen LogP contribution in [-0.2, 0) is 13.0 Å². The molecule has 0 spiro atoms. The smallest absolute Gasteiger partial charge is 0.272 e. The summed E-state index contributed by atoms with van der Waals surface area (Å²) in [7, 11) is 0. The summed E-state index contributed by atoms with van der Waals surface area (Å²) >= 11 is 0. The van der Waals surface area contributed by atoms with Gasteiger partial charge in [0.2, 0.25) is 5.88 Å². The number of carbonyl (C=O) groups is 1. The summed E-state index contributed by atoms with van der Waals surface area (Å²) < 4.78 is 7.29. The Balaban J connectivity index is 1.54. The first-order valence-corrected chi connectivity index (χ1v) is 7.90. The van der Waals surface area contributed by atoms with E-state index in [0.29, 0.717) is 18.2 Å². The molecule has 2 heterocycles. The van der Waals surface area contributed by atoms with E-state index < -0.39 is 0 Å². The Morgan fingerprint density at radius 3 is 3.14 bits per heavy atom. The molecule has 1 aromatic heterocycles. The molecule has 2 aromatic rings. The van der Waals surface area contributed by atoms with E-state index in [1.165, 1.54) is 11.1 Å². The maximum Gasteiger partial charge on any atom is 0.272 e. The number of benzene rings is 1. The Morgan fingerprint density at radius 2 is 2.23 bits per heavy atom. The van der Waals surface area contributed by atoms with Gasteiger partial charge in [0, 0.05) is 19.0 Å². The molecule has 1 N–H and O–H groups in total. The molecule has 1 aromatic carbocycles. The Hall–Kier alpha value is -2.30. The van der Waals surface area contributed by atoms with E-state index in [4.69, 9.17) is 4.74 Å². The van der Waals surface area contributed by atoms with Crippen LogP contribution < -0.4 is 10.1 Å². The van der Waals surface area contributed by atoms with Crippen LogP contribution in [-0.4, -0.2) is 22.3 Å². The fourth-order valence-corrected chi connectivity index (χ4v) is 3.31. The number of hydrogen-bond acceptors (Lipinski definition) is 3. The van der Waals surface area contributed by atoms with Crippen molar-refractivity contribution in [2.24, 2.45) is 0 Å². The van der Waals surface area contributed by atoms with E-state index in [1.807, 2.05) is 6.07 Å². The summed E-state index contributed by atoms with van der Waals surface area (Å²) in [6.07, 6.45) is 4.11. The highest BCUT2D eigenvalue weighted by atomic mass is 16.5. The van der Waals surface area contributed by atoms with Crippen molar-refractivity contribution in [2.75, 3.05) is 6.61 Å². The number of rotatable bonds is 2. The monoisotopic (exact) mass is 297 g/mol. The molecule has 2 aliphatic rings. The van der Waals surface area contributed by atoms with Crippen LogP contribution in [0.4, 0.5) is 0 Å². The van der Waals surface area contributed by atoms with Gasteiger partial charge in [0.1, 0.15) is 0 Å². The van der Waals surface area contributed by atoms with Crippen molar-refractivity contribution in [2.45, 2.75) is 38.3 Å². The number of nitrogens with zero attached hydrogens (tertiary/aromatic N) is 2. The molecule has 114 valence electrons. The van der Waals surface area contributed by atoms with Crippen molar-refractivity contribution >= 4 is 5.91 Å². The van der Waals surface area contributed by atoms with Crippen molar-refractivity contribution in [3.63, 3.8) is 0 Å². The number of nitrogens with one attached hydrogen (secondary N) is 1. The van der Waals surface area contributed by atoms with Crippen molar-refractivity contribution in [3.8, 4) is 5.88 Å². The van der Waals surface area contributed by atoms with Gasteiger partial charge >= 0.3 is 0 Å². The van der Waals surface area contributed by atoms with Gasteiger partial charge in [-0.3, -0.25) is 4.79 Å². The highest BCUT2D eigenvalue weighted by Crippen LogP contribution is 2.29. The van der Waals surface area contributed by atoms with Gasteiger partial charge in [0.15, 0.2) is 5.69 Å². The molecule has 1 amide bonds. The first kappa shape index (κ1) is 13.4. The lowest BCUT2D eigenvalue weighted by Gasteiger charge is -2.26. The lowest BCUT2D eigenvalue weighted by atomic mass is 9.88. The second-order valence-corrected chi connectivity index (χ2v) is 5.91. The van der Waals surface area contributed by atoms with Gasteiger partial charge in [-0.1, -0.05) is 24.3 Å². The van der Waals surface area contributed by atoms with Crippen molar-refractivity contribution in [1.29, 1.82) is 0 Å². The average Bonchev–Trinajstić information content (AvgIpc) is 2.99. The second-order valence-electron chi connectivity index (χ2n) is 5.91. The third-order valence-corrected chi connectivity index (χ3v) is 4.41. The quantitative estimate of drug-likeness (QED) is 0.926. The van der Waals surface area contributed by atoms with Crippen molar-refractivity contribution in [3.05, 3.63) is 47.2 Å². The topological polar surface area (TPSA) is 56.2 Å². The lowest BCUT2D eigenvalue weighted by molar-refractivity contribution is 0.0926. The molecule has 0 bridgehead atoms. The molecule has 1 aliphatic carbocycles. The number of hydrogen-bond donors (Lipinski definition) is 1. The zero-order valence-corrected chi connectivity index (χ0v) is 12.4. The van der Waals surface area contributed by atoms with Crippen LogP contribution in [0.1, 0.15) is 46.9 Å². The van der Waals surface area contributed by atoms with Gasteiger partial charge < -0.3 is 10.1 Å². The van der Waals surface area contributed by atoms with Gasteiger partial charge in [-0.25, -0.2) is 4.68 Å². The number of amides is 1. The third-order valence-electron chi connectivity index (χ3n) is 4.41. The van der Waals surface area contributed by atoms with Gasteiger partial charge in [-0.05, 0) is 30.4 Å². The molecule has 4 rings (SSSR count). The molecule has 5 nitrogen and oxygen atoms in total. The summed E-state index contributed by atoms with van der Waals surface area (Å²) in [4.78, 5) is 12.5. The predicted octanol–water partition coefficient (Wildman–Crippen LogP) is 2.47. The number of fused-ring (bicyclic) bond motifs is 2. The average molecular weight is 297 g/mol. The highest BCUT2D eigenvalue weighted by molar-refractivity contribution is 5.92. The van der Waals surface area contributed by atoms with Crippen LogP contribution in [0.5, 0.6) is 5.88 Å². The molecule has 0 fully saturated rings. The first-order chi connectivity index (χ1) is 10.8. The fourth-order valence-electron chi connectivity index (χ4n) is 3.31. The SMILES string of the molecule is O=C(NC1CCCc2ccccc21)c1cc2n(n1)CCCO2. The van der Waals surface area contributed by atoms with Gasteiger partial charge in [-0.2, -0.15) is 5.10 Å². The minimum Gasteiger partial charge on any atom is -0.478 e. The molecule has 0 saturated carbocycles. The van der Waals surface area contributed by atoms with E-state index in [-0.39, 0.29) is 11.9 Å². The maximum atomic E-state index is 12.5. The standard InChI is InChI=1S/C17H19N3O2/c21-17(15-11-16-20(19-15)9-4-10-22-16)18-14-8-3-6-12-5-1-2-7-13(12)14/h1-2,5,7,11,14H,3-4,6,8-10H2,(H,18,21). The number of aromatic nitrogens is 2. The van der Waals surface area contributed by atoms with Crippen LogP contribution in [0, 0.1) is 0 Å². The van der Waals surface area contributed by atoms with E-state index in [2.05, 4.69) is 28.6 Å². The highest BCUT2D eigenvalue weighted by Gasteiger charge is 2.24. The summed E-state index contributed by atoms with van der Waals surface area (Å²) in [5, 5.41) is 7.48. The van der Waals surface area contributed by atoms with Gasteiger partial charge in [-0.15, -0.1) is 0 Å². The molecular weight excluding hydrogens is 278 g/mol. The van der Waals surface area contributed by atoms with Crippen molar-refractivity contribution < 1.29 is 9.53 Å². The summed E-state index contributed by atoms with van der Waals surface area (Å²) in [5.41, 5.74) is 3.02. The van der Waals surface area contributed by atoms with Gasteiger partial charge in [0.05, 0.1) is 12.6 Å². The van der Waals surface area contributed by atoms with E-state index in [1.54, 1.807) is 10.7 Å². The number of aryl methyl sites for hydroxylation is 2. The molecule has 5 heteroatoms. The molecule has 22 heavy (non-hydrogen) atoms. The normalized spacial score (nSPS) is 19.7. The van der Waals surface area contributed by atoms with Crippen molar-refractivity contribution in [1.82, 2.24) is 15.1 Å². The maximum absolute atomic E-state index is 12.5. The molecule has 0 radical (unpaired) electrons. The van der Waals surface area contributed by atoms with E-state index >= 15 is 0 Å². The fraction of sp³-hybridized carbons (Fsp3) is 0.412. The number of carbonyl (C=O) groups excluding carboxylic acids is 1. The number of ether oxygens (including phenoxy) is 1. The zero-order valence-electron chi connectivity index (χ0n) is 12.4. The third kappa shape index (κ3) is 2.36. The van der Waals surface area contributed by atoms with Crippen LogP contribution in [0.3, 0.4) is 0 Å². The second kappa shape index (κ2) is 5.48. The molecule has 0 saturated heterocycles. The predicted molar refractivity (Wildman–Crippen MR) is 81.9 cm³/mol. The van der Waals surface area contributed by atoms with Crippen LogP contribution in [0.15, 0.2) is 30.3 Å². The summed E-state index contributed by atoms with van der Waals surface area (Å²) in [6, 6.07) is 10.2. The first-order valence-electron chi connectivity index (χ1n) is 7.90. The van der Waals surface area contributed by atoms with E-state index in [9.17, 15) is 4.79 Å². The molecular formula is C17H19N3O2. The molecule has 1 aliphatic heterocycles. The van der Waals surface area contributed by atoms with E-state index in [0.717, 1.165) is 32.2 Å². The van der Waals surface area contributed by atoms with Crippen LogP contribution >= 0.6 is 0 Å². The zero-order chi connectivity index (χ0) is 14.9. The largest absolute Gasteiger partial charge is 0.478 e. The minimum atomic E-state index is -0.118. The lowest BCUT2D eigenvalue weighted by Crippen LogP contribution is -2.31. The summed E-state index contributed by atoms with van der Waals surface area (Å²) in [6.45, 7) is 1.51. The summed E-state index contributed by atoms with van der Waals surface area (Å²) in [5.74, 6) is 0.577. The Morgan fingerprint density at radius 1 is 1.32 bits per heavy atom. The Bertz CT molecular complexity index is 684.